The van der Waals surface area contributed by atoms with Gasteiger partial charge in [0.05, 0.1) is 21.3 Å². The molecule has 1 heterocycles. The minimum absolute atomic E-state index is 0.0324. The number of nitrogens with zero attached hydrogens (tertiary/aromatic N) is 1. The summed E-state index contributed by atoms with van der Waals surface area (Å²) in [5.41, 5.74) is 0.686. The van der Waals surface area contributed by atoms with E-state index < -0.39 is 18.6 Å². The van der Waals surface area contributed by atoms with Crippen LogP contribution in [0.4, 0.5) is 13.2 Å². The second-order valence-corrected chi connectivity index (χ2v) is 5.90. The lowest BCUT2D eigenvalue weighted by Gasteiger charge is -2.36. The molecule has 1 fully saturated rings. The average Bonchev–Trinajstić information content (AvgIpc) is 2.61. The van der Waals surface area contributed by atoms with Crippen molar-refractivity contribution < 1.29 is 27.4 Å². The third kappa shape index (κ3) is 5.15. The van der Waals surface area contributed by atoms with Crippen molar-refractivity contribution >= 4 is 0 Å². The summed E-state index contributed by atoms with van der Waals surface area (Å²) >= 11 is 0. The Kier molecular flexibility index (Phi) is 6.78. The van der Waals surface area contributed by atoms with Gasteiger partial charge in [0.2, 0.25) is 0 Å². The molecule has 0 spiro atoms. The number of benzene rings is 1. The van der Waals surface area contributed by atoms with Crippen LogP contribution in [0.25, 0.3) is 0 Å². The van der Waals surface area contributed by atoms with Gasteiger partial charge in [0, 0.05) is 50.3 Å². The molecule has 0 aliphatic carbocycles. The zero-order chi connectivity index (χ0) is 18.4. The number of hydrogen-bond acceptors (Lipinski definition) is 5. The first kappa shape index (κ1) is 19.7. The van der Waals surface area contributed by atoms with Gasteiger partial charge in [-0.25, -0.2) is 0 Å². The van der Waals surface area contributed by atoms with Crippen LogP contribution in [-0.4, -0.2) is 58.6 Å². The molecular formula is C17H25F3N2O3. The molecule has 0 saturated carbocycles. The molecule has 0 unspecified atom stereocenters. The highest BCUT2D eigenvalue weighted by molar-refractivity contribution is 5.52. The van der Waals surface area contributed by atoms with Crippen molar-refractivity contribution in [1.82, 2.24) is 10.2 Å². The Balaban J connectivity index is 2.40. The van der Waals surface area contributed by atoms with E-state index in [4.69, 9.17) is 14.2 Å². The first-order valence-electron chi connectivity index (χ1n) is 8.21. The van der Waals surface area contributed by atoms with Crippen LogP contribution in [0, 0.1) is 0 Å². The van der Waals surface area contributed by atoms with E-state index in [1.807, 2.05) is 0 Å². The second kappa shape index (κ2) is 8.62. The van der Waals surface area contributed by atoms with Gasteiger partial charge in [-0.1, -0.05) is 0 Å². The SMILES string of the molecule is COc1cc(OC)c([C@@H](CCC(F)(F)F)N2CCNCC2)cc1OC. The molecule has 5 nitrogen and oxygen atoms in total. The summed E-state index contributed by atoms with van der Waals surface area (Å²) < 4.78 is 54.5. The maximum absolute atomic E-state index is 12.8. The monoisotopic (exact) mass is 362 g/mol. The number of methoxy groups -OCH3 is 3. The number of hydrogen-bond donors (Lipinski definition) is 1. The Hall–Kier alpha value is -1.67. The van der Waals surface area contributed by atoms with E-state index >= 15 is 0 Å². The van der Waals surface area contributed by atoms with Gasteiger partial charge in [-0.15, -0.1) is 0 Å². The smallest absolute Gasteiger partial charge is 0.389 e. The number of nitrogens with one attached hydrogen (secondary N) is 1. The van der Waals surface area contributed by atoms with E-state index in [9.17, 15) is 13.2 Å². The summed E-state index contributed by atoms with van der Waals surface area (Å²) in [5.74, 6) is 1.46. The highest BCUT2D eigenvalue weighted by Gasteiger charge is 2.33. The third-order valence-corrected chi connectivity index (χ3v) is 4.39. The molecule has 1 N–H and O–H groups in total. The topological polar surface area (TPSA) is 43.0 Å². The summed E-state index contributed by atoms with van der Waals surface area (Å²) in [6.45, 7) is 2.86. The zero-order valence-electron chi connectivity index (χ0n) is 14.8. The lowest BCUT2D eigenvalue weighted by Crippen LogP contribution is -2.45. The number of rotatable bonds is 7. The van der Waals surface area contributed by atoms with E-state index in [-0.39, 0.29) is 6.42 Å². The van der Waals surface area contributed by atoms with Gasteiger partial charge in [0.15, 0.2) is 11.5 Å². The Bertz CT molecular complexity index is 561. The Morgan fingerprint density at radius 1 is 1.00 bits per heavy atom. The molecule has 1 aromatic carbocycles. The largest absolute Gasteiger partial charge is 0.496 e. The summed E-state index contributed by atoms with van der Waals surface area (Å²) in [5, 5.41) is 3.22. The normalized spacial score (nSPS) is 17.2. The lowest BCUT2D eigenvalue weighted by molar-refractivity contribution is -0.138. The van der Waals surface area contributed by atoms with Crippen LogP contribution in [0.1, 0.15) is 24.4 Å². The first-order chi connectivity index (χ1) is 11.9. The van der Waals surface area contributed by atoms with E-state index in [1.54, 1.807) is 12.1 Å². The van der Waals surface area contributed by atoms with E-state index in [0.29, 0.717) is 35.9 Å². The number of ether oxygens (including phenoxy) is 3. The molecule has 1 aliphatic rings. The van der Waals surface area contributed by atoms with E-state index in [0.717, 1.165) is 13.1 Å². The molecule has 25 heavy (non-hydrogen) atoms. The molecule has 1 saturated heterocycles. The molecule has 0 aromatic heterocycles. The number of piperazine rings is 1. The summed E-state index contributed by atoms with van der Waals surface area (Å²) in [6, 6.07) is 2.98. The molecule has 2 rings (SSSR count). The predicted molar refractivity (Wildman–Crippen MR) is 88.6 cm³/mol. The van der Waals surface area contributed by atoms with Crippen LogP contribution in [0.3, 0.4) is 0 Å². The fraction of sp³-hybridized carbons (Fsp3) is 0.647. The van der Waals surface area contributed by atoms with Crippen molar-refractivity contribution in [3.05, 3.63) is 17.7 Å². The zero-order valence-corrected chi connectivity index (χ0v) is 14.8. The summed E-state index contributed by atoms with van der Waals surface area (Å²) in [4.78, 5) is 2.06. The molecule has 1 aromatic rings. The van der Waals surface area contributed by atoms with Crippen molar-refractivity contribution in [3.63, 3.8) is 0 Å². The van der Waals surface area contributed by atoms with E-state index in [1.165, 1.54) is 21.3 Å². The molecule has 0 radical (unpaired) electrons. The Morgan fingerprint density at radius 3 is 2.08 bits per heavy atom. The van der Waals surface area contributed by atoms with Gasteiger partial charge in [-0.05, 0) is 12.5 Å². The first-order valence-corrected chi connectivity index (χ1v) is 8.21. The maximum Gasteiger partial charge on any atom is 0.389 e. The van der Waals surface area contributed by atoms with E-state index in [2.05, 4.69) is 10.2 Å². The Labute approximate surface area is 146 Å². The minimum Gasteiger partial charge on any atom is -0.496 e. The van der Waals surface area contributed by atoms with Gasteiger partial charge in [0.25, 0.3) is 0 Å². The van der Waals surface area contributed by atoms with Crippen molar-refractivity contribution in [2.45, 2.75) is 25.1 Å². The number of alkyl halides is 3. The van der Waals surface area contributed by atoms with Crippen LogP contribution in [0.5, 0.6) is 17.2 Å². The van der Waals surface area contributed by atoms with Crippen molar-refractivity contribution in [2.75, 3.05) is 47.5 Å². The van der Waals surface area contributed by atoms with Crippen LogP contribution in [-0.2, 0) is 0 Å². The third-order valence-electron chi connectivity index (χ3n) is 4.39. The molecule has 0 amide bonds. The lowest BCUT2D eigenvalue weighted by atomic mass is 9.97. The van der Waals surface area contributed by atoms with Gasteiger partial charge >= 0.3 is 6.18 Å². The van der Waals surface area contributed by atoms with Gasteiger partial charge in [0.1, 0.15) is 5.75 Å². The fourth-order valence-corrected chi connectivity index (χ4v) is 3.14. The van der Waals surface area contributed by atoms with Gasteiger partial charge in [-0.2, -0.15) is 13.2 Å². The van der Waals surface area contributed by atoms with Crippen molar-refractivity contribution in [2.24, 2.45) is 0 Å². The summed E-state index contributed by atoms with van der Waals surface area (Å²) in [7, 11) is 4.52. The maximum atomic E-state index is 12.8. The van der Waals surface area contributed by atoms with Crippen LogP contribution in [0.2, 0.25) is 0 Å². The quantitative estimate of drug-likeness (QED) is 0.808. The highest BCUT2D eigenvalue weighted by atomic mass is 19.4. The molecular weight excluding hydrogens is 337 g/mol. The molecule has 1 atom stereocenters. The predicted octanol–water partition coefficient (Wildman–Crippen LogP) is 3.00. The van der Waals surface area contributed by atoms with Crippen LogP contribution in [0.15, 0.2) is 12.1 Å². The molecule has 142 valence electrons. The average molecular weight is 362 g/mol. The van der Waals surface area contributed by atoms with Crippen molar-refractivity contribution in [3.8, 4) is 17.2 Å². The minimum atomic E-state index is -4.20. The standard InChI is InChI=1S/C17H25F3N2O3/c1-23-14-11-16(25-3)15(24-2)10-12(14)13(4-5-17(18,19)20)22-8-6-21-7-9-22/h10-11,13,21H,4-9H2,1-3H3/t13-/m1/s1. The summed E-state index contributed by atoms with van der Waals surface area (Å²) in [6.07, 6.45) is -5.08. The fourth-order valence-electron chi connectivity index (χ4n) is 3.14. The molecule has 8 heteroatoms. The Morgan fingerprint density at radius 2 is 1.56 bits per heavy atom. The van der Waals surface area contributed by atoms with Crippen LogP contribution < -0.4 is 19.5 Å². The molecule has 1 aliphatic heterocycles. The van der Waals surface area contributed by atoms with Crippen molar-refractivity contribution in [1.29, 1.82) is 0 Å². The molecule has 0 bridgehead atoms. The van der Waals surface area contributed by atoms with Crippen LogP contribution >= 0.6 is 0 Å². The second-order valence-electron chi connectivity index (χ2n) is 5.90. The van der Waals surface area contributed by atoms with Gasteiger partial charge < -0.3 is 19.5 Å². The van der Waals surface area contributed by atoms with Gasteiger partial charge in [-0.3, -0.25) is 4.90 Å². The highest BCUT2D eigenvalue weighted by Crippen LogP contribution is 2.42. The number of halogens is 3.